The molecular formula is C18H19ClN2O5S2. The highest BCUT2D eigenvalue weighted by molar-refractivity contribution is 7.91. The first-order valence-corrected chi connectivity index (χ1v) is 11.2. The van der Waals surface area contributed by atoms with E-state index in [9.17, 15) is 18.0 Å². The summed E-state index contributed by atoms with van der Waals surface area (Å²) in [6.07, 6.45) is 1.18. The lowest BCUT2D eigenvalue weighted by Crippen LogP contribution is -2.43. The van der Waals surface area contributed by atoms with Crippen molar-refractivity contribution in [3.05, 3.63) is 46.3 Å². The second kappa shape index (κ2) is 8.60. The maximum absolute atomic E-state index is 12.7. The zero-order chi connectivity index (χ0) is 20.3. The summed E-state index contributed by atoms with van der Waals surface area (Å²) in [6, 6.07) is 7.76. The quantitative estimate of drug-likeness (QED) is 0.717. The van der Waals surface area contributed by atoms with Gasteiger partial charge in [-0.2, -0.15) is 4.31 Å². The van der Waals surface area contributed by atoms with Crippen molar-refractivity contribution in [3.63, 3.8) is 0 Å². The third kappa shape index (κ3) is 4.38. The molecule has 2 heterocycles. The molecule has 7 nitrogen and oxygen atoms in total. The molecule has 0 aliphatic carbocycles. The van der Waals surface area contributed by atoms with Crippen molar-refractivity contribution < 1.29 is 22.7 Å². The van der Waals surface area contributed by atoms with Gasteiger partial charge in [-0.3, -0.25) is 4.79 Å². The molecule has 10 heteroatoms. The molecule has 150 valence electrons. The number of esters is 1. The van der Waals surface area contributed by atoms with Gasteiger partial charge in [0.25, 0.3) is 10.0 Å². The number of nitrogens with one attached hydrogen (secondary N) is 1. The van der Waals surface area contributed by atoms with Gasteiger partial charge in [0.15, 0.2) is 0 Å². The number of benzene rings is 1. The largest absolute Gasteiger partial charge is 0.465 e. The van der Waals surface area contributed by atoms with Gasteiger partial charge in [-0.1, -0.05) is 17.7 Å². The van der Waals surface area contributed by atoms with Crippen molar-refractivity contribution in [2.75, 3.05) is 25.5 Å². The van der Waals surface area contributed by atoms with Crippen LogP contribution in [0, 0.1) is 5.92 Å². The van der Waals surface area contributed by atoms with E-state index < -0.39 is 21.9 Å². The van der Waals surface area contributed by atoms with Gasteiger partial charge in [0.05, 0.1) is 23.6 Å². The van der Waals surface area contributed by atoms with Crippen LogP contribution in [0.4, 0.5) is 5.69 Å². The second-order valence-electron chi connectivity index (χ2n) is 6.31. The van der Waals surface area contributed by atoms with Gasteiger partial charge in [0, 0.05) is 18.8 Å². The molecule has 3 rings (SSSR count). The number of carbonyl (C=O) groups excluding carboxylic acids is 2. The molecule has 1 aliphatic heterocycles. The number of rotatable bonds is 5. The fourth-order valence-electron chi connectivity index (χ4n) is 3.03. The normalized spacial score (nSPS) is 17.9. The van der Waals surface area contributed by atoms with Gasteiger partial charge in [-0.05, 0) is 42.5 Å². The summed E-state index contributed by atoms with van der Waals surface area (Å²) in [4.78, 5) is 24.4. The van der Waals surface area contributed by atoms with Gasteiger partial charge in [0.1, 0.15) is 4.21 Å². The summed E-state index contributed by atoms with van der Waals surface area (Å²) >= 11 is 7.14. The van der Waals surface area contributed by atoms with E-state index in [0.29, 0.717) is 25.1 Å². The molecule has 1 unspecified atom stereocenters. The highest BCUT2D eigenvalue weighted by Gasteiger charge is 2.33. The Labute approximate surface area is 172 Å². The second-order valence-corrected chi connectivity index (χ2v) is 9.83. The van der Waals surface area contributed by atoms with Crippen LogP contribution < -0.4 is 5.32 Å². The van der Waals surface area contributed by atoms with Crippen LogP contribution in [0.3, 0.4) is 0 Å². The number of carbonyl (C=O) groups is 2. The molecule has 28 heavy (non-hydrogen) atoms. The molecule has 1 N–H and O–H groups in total. The van der Waals surface area contributed by atoms with E-state index >= 15 is 0 Å². The number of methoxy groups -OCH3 is 1. The zero-order valence-electron chi connectivity index (χ0n) is 15.1. The van der Waals surface area contributed by atoms with Gasteiger partial charge in [-0.25, -0.2) is 13.2 Å². The summed E-state index contributed by atoms with van der Waals surface area (Å²) in [7, 11) is -2.35. The Morgan fingerprint density at radius 1 is 1.32 bits per heavy atom. The lowest BCUT2D eigenvalue weighted by atomic mass is 9.98. The van der Waals surface area contributed by atoms with Crippen molar-refractivity contribution in [1.82, 2.24) is 4.31 Å². The van der Waals surface area contributed by atoms with E-state index in [-0.39, 0.29) is 27.2 Å². The topological polar surface area (TPSA) is 92.8 Å². The molecule has 0 radical (unpaired) electrons. The standard InChI is InChI=1S/C18H19ClN2O5S2/c1-26-18(23)14-10-13(6-7-15(14)19)20-17(22)12-4-2-8-21(11-12)28(24,25)16-5-3-9-27-16/h3,5-7,9-10,12H,2,4,8,11H2,1H3,(H,20,22). The van der Waals surface area contributed by atoms with Gasteiger partial charge in [-0.15, -0.1) is 11.3 Å². The lowest BCUT2D eigenvalue weighted by molar-refractivity contribution is -0.120. The highest BCUT2D eigenvalue weighted by atomic mass is 35.5. The van der Waals surface area contributed by atoms with Crippen LogP contribution in [-0.4, -0.2) is 44.8 Å². The monoisotopic (exact) mass is 442 g/mol. The summed E-state index contributed by atoms with van der Waals surface area (Å²) in [5, 5.41) is 4.67. The number of anilines is 1. The van der Waals surface area contributed by atoms with Crippen LogP contribution in [-0.2, 0) is 19.6 Å². The fourth-order valence-corrected chi connectivity index (χ4v) is 5.89. The van der Waals surface area contributed by atoms with E-state index in [1.165, 1.54) is 23.5 Å². The predicted molar refractivity (Wildman–Crippen MR) is 107 cm³/mol. The molecule has 0 saturated carbocycles. The van der Waals surface area contributed by atoms with E-state index in [4.69, 9.17) is 11.6 Å². The number of thiophene rings is 1. The first kappa shape index (κ1) is 20.8. The van der Waals surface area contributed by atoms with Crippen LogP contribution in [0.15, 0.2) is 39.9 Å². The molecule has 1 saturated heterocycles. The summed E-state index contributed by atoms with van der Waals surface area (Å²) in [5.74, 6) is -1.39. The van der Waals surface area contributed by atoms with E-state index in [1.807, 2.05) is 0 Å². The Morgan fingerprint density at radius 2 is 2.11 bits per heavy atom. The summed E-state index contributed by atoms with van der Waals surface area (Å²) in [6.45, 7) is 0.501. The Balaban J connectivity index is 1.72. The number of hydrogen-bond donors (Lipinski definition) is 1. The van der Waals surface area contributed by atoms with E-state index in [1.54, 1.807) is 23.6 Å². The predicted octanol–water partition coefficient (Wildman–Crippen LogP) is 3.23. The zero-order valence-corrected chi connectivity index (χ0v) is 17.4. The maximum atomic E-state index is 12.7. The minimum Gasteiger partial charge on any atom is -0.465 e. The van der Waals surface area contributed by atoms with Crippen molar-refractivity contribution in [3.8, 4) is 0 Å². The molecule has 1 aromatic carbocycles. The van der Waals surface area contributed by atoms with Crippen LogP contribution in [0.25, 0.3) is 0 Å². The van der Waals surface area contributed by atoms with Crippen molar-refractivity contribution in [2.45, 2.75) is 17.1 Å². The number of nitrogens with zero attached hydrogens (tertiary/aromatic N) is 1. The maximum Gasteiger partial charge on any atom is 0.339 e. The molecular weight excluding hydrogens is 424 g/mol. The number of amides is 1. The Morgan fingerprint density at radius 3 is 2.79 bits per heavy atom. The van der Waals surface area contributed by atoms with Gasteiger partial charge in [0.2, 0.25) is 5.91 Å². The molecule has 1 fully saturated rings. The highest BCUT2D eigenvalue weighted by Crippen LogP contribution is 2.27. The van der Waals surface area contributed by atoms with Gasteiger partial charge < -0.3 is 10.1 Å². The van der Waals surface area contributed by atoms with Crippen LogP contribution >= 0.6 is 22.9 Å². The smallest absolute Gasteiger partial charge is 0.339 e. The molecule has 1 aliphatic rings. The minimum absolute atomic E-state index is 0.115. The number of hydrogen-bond acceptors (Lipinski definition) is 6. The Hall–Kier alpha value is -1.94. The number of ether oxygens (including phenoxy) is 1. The number of halogens is 1. The van der Waals surface area contributed by atoms with E-state index in [0.717, 1.165) is 11.3 Å². The fraction of sp³-hybridized carbons (Fsp3) is 0.333. The molecule has 2 aromatic rings. The van der Waals surface area contributed by atoms with Crippen LogP contribution in [0.2, 0.25) is 5.02 Å². The van der Waals surface area contributed by atoms with Crippen molar-refractivity contribution in [1.29, 1.82) is 0 Å². The van der Waals surface area contributed by atoms with Gasteiger partial charge >= 0.3 is 5.97 Å². The molecule has 0 spiro atoms. The Bertz CT molecular complexity index is 976. The number of piperidine rings is 1. The summed E-state index contributed by atoms with van der Waals surface area (Å²) in [5.41, 5.74) is 0.542. The molecule has 1 amide bonds. The first-order valence-electron chi connectivity index (χ1n) is 8.55. The summed E-state index contributed by atoms with van der Waals surface area (Å²) < 4.78 is 31.7. The number of sulfonamides is 1. The van der Waals surface area contributed by atoms with Crippen molar-refractivity contribution in [2.24, 2.45) is 5.92 Å². The molecule has 1 atom stereocenters. The molecule has 0 bridgehead atoms. The SMILES string of the molecule is COC(=O)c1cc(NC(=O)C2CCCN(S(=O)(=O)c3cccs3)C2)ccc1Cl. The average Bonchev–Trinajstić information content (AvgIpc) is 3.24. The third-order valence-electron chi connectivity index (χ3n) is 4.48. The first-order chi connectivity index (χ1) is 13.3. The van der Waals surface area contributed by atoms with Crippen molar-refractivity contribution >= 4 is 50.5 Å². The molecule has 1 aromatic heterocycles. The minimum atomic E-state index is -3.59. The lowest BCUT2D eigenvalue weighted by Gasteiger charge is -2.30. The average molecular weight is 443 g/mol. The third-order valence-corrected chi connectivity index (χ3v) is 8.05. The Kier molecular flexibility index (Phi) is 6.39. The van der Waals surface area contributed by atoms with Crippen LogP contribution in [0.1, 0.15) is 23.2 Å². The van der Waals surface area contributed by atoms with Crippen LogP contribution in [0.5, 0.6) is 0 Å². The van der Waals surface area contributed by atoms with E-state index in [2.05, 4.69) is 10.1 Å².